The van der Waals surface area contributed by atoms with Crippen LogP contribution in [0.1, 0.15) is 30.1 Å². The number of alkyl halides is 3. The van der Waals surface area contributed by atoms with Gasteiger partial charge in [-0.3, -0.25) is 19.5 Å². The Kier molecular flexibility index (Phi) is 6.08. The Morgan fingerprint density at radius 3 is 2.39 bits per heavy atom. The van der Waals surface area contributed by atoms with Crippen LogP contribution < -0.4 is 0 Å². The highest BCUT2D eigenvalue weighted by Crippen LogP contribution is 2.63. The molecule has 2 aliphatic rings. The predicted molar refractivity (Wildman–Crippen MR) is 122 cm³/mol. The van der Waals surface area contributed by atoms with Gasteiger partial charge in [0.1, 0.15) is 11.8 Å². The minimum Gasteiger partial charge on any atom is -0.475 e. The van der Waals surface area contributed by atoms with Crippen molar-refractivity contribution in [3.05, 3.63) is 46.7 Å². The Bertz CT molecular complexity index is 1430. The lowest BCUT2D eigenvalue weighted by molar-refractivity contribution is -0.192. The maximum absolute atomic E-state index is 12.6. The normalized spacial score (nSPS) is 20.0. The van der Waals surface area contributed by atoms with E-state index in [1.54, 1.807) is 12.3 Å². The number of thiophene rings is 1. The molecule has 1 saturated carbocycles. The third kappa shape index (κ3) is 4.42. The number of likely N-dealkylation sites (tertiary alicyclic amines) is 1. The number of imide groups is 1. The van der Waals surface area contributed by atoms with Gasteiger partial charge in [0.15, 0.2) is 0 Å². The summed E-state index contributed by atoms with van der Waals surface area (Å²) < 4.78 is 32.7. The molecule has 0 radical (unpaired) electrons. The van der Waals surface area contributed by atoms with Crippen LogP contribution in [0.15, 0.2) is 30.5 Å². The number of carbonyl (C=O) groups is 3. The monoisotopic (exact) mass is 516 g/mol. The highest BCUT2D eigenvalue weighted by atomic mass is 32.1. The number of piperidine rings is 1. The number of halogens is 3. The van der Waals surface area contributed by atoms with Crippen LogP contribution in [0.3, 0.4) is 0 Å². The van der Waals surface area contributed by atoms with Crippen LogP contribution in [0.5, 0.6) is 0 Å². The van der Waals surface area contributed by atoms with Gasteiger partial charge in [-0.15, -0.1) is 11.3 Å². The first-order valence-electron chi connectivity index (χ1n) is 10.7. The maximum Gasteiger partial charge on any atom is 0.490 e. The summed E-state index contributed by atoms with van der Waals surface area (Å²) in [7, 11) is 0. The van der Waals surface area contributed by atoms with Gasteiger partial charge in [-0.05, 0) is 42.2 Å². The highest BCUT2D eigenvalue weighted by molar-refractivity contribution is 7.19. The molecule has 186 valence electrons. The number of hydrogen-bond donors (Lipinski definition) is 1. The number of nitrogens with zero attached hydrogens (tertiary/aromatic N) is 4. The largest absolute Gasteiger partial charge is 0.490 e. The van der Waals surface area contributed by atoms with Crippen molar-refractivity contribution in [3.63, 3.8) is 0 Å². The summed E-state index contributed by atoms with van der Waals surface area (Å²) in [6.45, 7) is 6.12. The molecule has 2 amide bonds. The Morgan fingerprint density at radius 1 is 1.22 bits per heavy atom. The van der Waals surface area contributed by atoms with Gasteiger partial charge in [-0.2, -0.15) is 18.4 Å². The van der Waals surface area contributed by atoms with Crippen LogP contribution in [0.2, 0.25) is 0 Å². The molecule has 1 aliphatic heterocycles. The van der Waals surface area contributed by atoms with Crippen LogP contribution in [0.25, 0.3) is 21.3 Å². The quantitative estimate of drug-likeness (QED) is 0.514. The van der Waals surface area contributed by atoms with Crippen molar-refractivity contribution in [1.29, 1.82) is 5.26 Å². The zero-order valence-corrected chi connectivity index (χ0v) is 20.1. The second-order valence-electron chi connectivity index (χ2n) is 9.12. The number of carboxylic acids is 1. The Balaban J connectivity index is 0.000000384. The Labute approximate surface area is 207 Å². The van der Waals surface area contributed by atoms with E-state index in [1.165, 1.54) is 16.2 Å². The van der Waals surface area contributed by atoms with E-state index >= 15 is 0 Å². The molecule has 1 N–H and O–H groups in total. The lowest BCUT2D eigenvalue weighted by atomic mass is 10.1. The van der Waals surface area contributed by atoms with E-state index in [-0.39, 0.29) is 29.1 Å². The molecule has 3 aromatic heterocycles. The number of aryl methyl sites for hydroxylation is 1. The molecule has 4 heterocycles. The minimum absolute atomic E-state index is 0.0564. The average Bonchev–Trinajstić information content (AvgIpc) is 3.04. The summed E-state index contributed by atoms with van der Waals surface area (Å²) in [6, 6.07) is 9.67. The highest BCUT2D eigenvalue weighted by Gasteiger charge is 2.72. The number of amides is 2. The second kappa shape index (κ2) is 8.67. The van der Waals surface area contributed by atoms with Gasteiger partial charge < -0.3 is 5.11 Å². The first-order valence-corrected chi connectivity index (χ1v) is 11.5. The van der Waals surface area contributed by atoms with E-state index < -0.39 is 12.1 Å². The first kappa shape index (κ1) is 25.2. The predicted octanol–water partition coefficient (Wildman–Crippen LogP) is 4.31. The number of carbonyl (C=O) groups excluding carboxylic acids is 2. The Morgan fingerprint density at radius 2 is 1.83 bits per heavy atom. The molecule has 2 fully saturated rings. The van der Waals surface area contributed by atoms with Gasteiger partial charge >= 0.3 is 12.1 Å². The third-order valence-electron chi connectivity index (χ3n) is 6.29. The number of aliphatic carboxylic acids is 1. The fourth-order valence-electron chi connectivity index (χ4n) is 4.49. The number of rotatable bonds is 3. The standard InChI is InChI=1S/C22H18N4O2S.C2HF3O2/c1-11-6-12(7-13(9-23)25-11)15-4-5-24-16-8-14(29-19(15)16)10-26-20(27)17-18(21(26)28)22(17,2)3;3-2(4,5)1(6)7/h4-8,17-18H,10H2,1-3H3;(H,6,7). The van der Waals surface area contributed by atoms with Crippen molar-refractivity contribution < 1.29 is 32.7 Å². The number of nitriles is 1. The molecule has 0 spiro atoms. The molecule has 2 atom stereocenters. The van der Waals surface area contributed by atoms with Gasteiger partial charge in [-0.25, -0.2) is 9.78 Å². The third-order valence-corrected chi connectivity index (χ3v) is 7.43. The van der Waals surface area contributed by atoms with Crippen molar-refractivity contribution in [1.82, 2.24) is 14.9 Å². The van der Waals surface area contributed by atoms with E-state index in [9.17, 15) is 28.0 Å². The van der Waals surface area contributed by atoms with Crippen LogP contribution in [0.4, 0.5) is 13.2 Å². The number of fused-ring (bicyclic) bond motifs is 2. The van der Waals surface area contributed by atoms with E-state index in [1.807, 2.05) is 39.0 Å². The lowest BCUT2D eigenvalue weighted by Crippen LogP contribution is -2.35. The molecular formula is C24H19F3N4O4S. The zero-order valence-electron chi connectivity index (χ0n) is 19.3. The number of carboxylic acid groups (broad SMARTS) is 1. The molecule has 3 aromatic rings. The SMILES string of the molecule is Cc1cc(-c2ccnc3cc(CN4C(=O)C5C(C4=O)C5(C)C)sc23)cc(C#N)n1.O=C(O)C(F)(F)F. The summed E-state index contributed by atoms with van der Waals surface area (Å²) >= 11 is 1.53. The summed E-state index contributed by atoms with van der Waals surface area (Å²) in [5, 5.41) is 16.4. The van der Waals surface area contributed by atoms with Crippen molar-refractivity contribution >= 4 is 39.3 Å². The number of hydrogen-bond acceptors (Lipinski definition) is 7. The summed E-state index contributed by atoms with van der Waals surface area (Å²) in [5.41, 5.74) is 3.65. The van der Waals surface area contributed by atoms with Crippen LogP contribution >= 0.6 is 11.3 Å². The van der Waals surface area contributed by atoms with Crippen LogP contribution in [0, 0.1) is 35.5 Å². The van der Waals surface area contributed by atoms with E-state index in [4.69, 9.17) is 9.90 Å². The lowest BCUT2D eigenvalue weighted by Gasteiger charge is -2.19. The number of aromatic nitrogens is 2. The van der Waals surface area contributed by atoms with Gasteiger partial charge in [0.25, 0.3) is 0 Å². The molecule has 8 nitrogen and oxygen atoms in total. The fourth-order valence-corrected chi connectivity index (χ4v) is 5.63. The minimum atomic E-state index is -5.08. The zero-order chi connectivity index (χ0) is 26.6. The van der Waals surface area contributed by atoms with E-state index in [2.05, 4.69) is 16.0 Å². The Hall–Kier alpha value is -3.85. The van der Waals surface area contributed by atoms with Gasteiger partial charge in [-0.1, -0.05) is 13.8 Å². The molecule has 1 aliphatic carbocycles. The molecule has 0 bridgehead atoms. The summed E-state index contributed by atoms with van der Waals surface area (Å²) in [5.74, 6) is -3.20. The average molecular weight is 517 g/mol. The molecule has 5 rings (SSSR count). The first-order chi connectivity index (χ1) is 16.8. The van der Waals surface area contributed by atoms with Gasteiger partial charge in [0.2, 0.25) is 11.8 Å². The molecular weight excluding hydrogens is 497 g/mol. The van der Waals surface area contributed by atoms with Crippen molar-refractivity contribution in [2.45, 2.75) is 33.5 Å². The van der Waals surface area contributed by atoms with Crippen molar-refractivity contribution in [2.24, 2.45) is 17.3 Å². The van der Waals surface area contributed by atoms with Gasteiger partial charge in [0.05, 0.1) is 28.6 Å². The maximum atomic E-state index is 12.6. The van der Waals surface area contributed by atoms with Crippen molar-refractivity contribution in [3.8, 4) is 17.2 Å². The topological polar surface area (TPSA) is 124 Å². The molecule has 36 heavy (non-hydrogen) atoms. The smallest absolute Gasteiger partial charge is 0.475 e. The second-order valence-corrected chi connectivity index (χ2v) is 10.3. The summed E-state index contributed by atoms with van der Waals surface area (Å²) in [4.78, 5) is 45.2. The van der Waals surface area contributed by atoms with E-state index in [0.717, 1.165) is 31.9 Å². The number of pyridine rings is 2. The van der Waals surface area contributed by atoms with Gasteiger partial charge in [0, 0.05) is 22.3 Å². The molecule has 1 saturated heterocycles. The molecule has 12 heteroatoms. The molecule has 0 aromatic carbocycles. The van der Waals surface area contributed by atoms with E-state index in [0.29, 0.717) is 12.2 Å². The van der Waals surface area contributed by atoms with Crippen LogP contribution in [-0.2, 0) is 20.9 Å². The molecule has 2 unspecified atom stereocenters. The fraction of sp³-hybridized carbons (Fsp3) is 0.333. The van der Waals surface area contributed by atoms with Crippen molar-refractivity contribution in [2.75, 3.05) is 0 Å². The summed E-state index contributed by atoms with van der Waals surface area (Å²) in [6.07, 6.45) is -3.35. The van der Waals surface area contributed by atoms with Crippen LogP contribution in [-0.4, -0.2) is 43.9 Å².